The van der Waals surface area contributed by atoms with E-state index in [4.69, 9.17) is 9.47 Å². The summed E-state index contributed by atoms with van der Waals surface area (Å²) in [4.78, 5) is 34.8. The van der Waals surface area contributed by atoms with Gasteiger partial charge >= 0.3 is 18.4 Å². The summed E-state index contributed by atoms with van der Waals surface area (Å²) in [6, 6.07) is 6.69. The van der Waals surface area contributed by atoms with Crippen LogP contribution in [0.1, 0.15) is 44.1 Å². The van der Waals surface area contributed by atoms with Crippen molar-refractivity contribution < 1.29 is 37.0 Å². The first-order chi connectivity index (χ1) is 16.8. The van der Waals surface area contributed by atoms with E-state index < -0.39 is 29.8 Å². The second-order valence-electron chi connectivity index (χ2n) is 9.32. The molecule has 1 fully saturated rings. The van der Waals surface area contributed by atoms with Crippen LogP contribution in [0.25, 0.3) is 11.3 Å². The van der Waals surface area contributed by atoms with Crippen molar-refractivity contribution in [2.24, 2.45) is 5.92 Å². The smallest absolute Gasteiger partial charge is 0.464 e. The summed E-state index contributed by atoms with van der Waals surface area (Å²) in [7, 11) is 1.21. The van der Waals surface area contributed by atoms with Crippen molar-refractivity contribution in [3.63, 3.8) is 0 Å². The molecule has 1 N–H and O–H groups in total. The van der Waals surface area contributed by atoms with Crippen LogP contribution in [-0.2, 0) is 9.47 Å². The standard InChI is InChI=1S/C24H29F3N4O5/c1-23(2,3)36-22(33)28-14-15-8-10-31(11-9-15)21-29-18(13-19(30-21)20(32)34-4)16-6-5-7-17(12-16)35-24(25,26)27/h5-7,12-13,15H,8-11,14H2,1-4H3,(H,28,33). The summed E-state index contributed by atoms with van der Waals surface area (Å²) >= 11 is 0. The molecule has 1 saturated heterocycles. The number of amides is 1. The predicted molar refractivity (Wildman–Crippen MR) is 125 cm³/mol. The zero-order chi connectivity index (χ0) is 26.5. The minimum atomic E-state index is -4.84. The van der Waals surface area contributed by atoms with Crippen LogP contribution in [0.2, 0.25) is 0 Å². The zero-order valence-electron chi connectivity index (χ0n) is 20.5. The Bertz CT molecular complexity index is 1080. The van der Waals surface area contributed by atoms with Crippen molar-refractivity contribution in [3.05, 3.63) is 36.0 Å². The maximum absolute atomic E-state index is 12.7. The highest BCUT2D eigenvalue weighted by molar-refractivity contribution is 5.89. The molecule has 1 amide bonds. The first-order valence-corrected chi connectivity index (χ1v) is 11.4. The normalized spacial score (nSPS) is 14.8. The Morgan fingerprint density at radius 2 is 1.81 bits per heavy atom. The number of rotatable bonds is 6. The number of anilines is 1. The van der Waals surface area contributed by atoms with Gasteiger partial charge in [0.25, 0.3) is 0 Å². The fourth-order valence-corrected chi connectivity index (χ4v) is 3.66. The van der Waals surface area contributed by atoms with E-state index in [1.807, 2.05) is 4.90 Å². The van der Waals surface area contributed by atoms with Crippen LogP contribution in [-0.4, -0.2) is 60.7 Å². The van der Waals surface area contributed by atoms with Gasteiger partial charge in [-0.05, 0) is 57.7 Å². The molecular formula is C24H29F3N4O5. The van der Waals surface area contributed by atoms with E-state index in [2.05, 4.69) is 20.0 Å². The van der Waals surface area contributed by atoms with Gasteiger partial charge in [0.2, 0.25) is 5.95 Å². The Hall–Kier alpha value is -3.57. The number of nitrogens with one attached hydrogen (secondary N) is 1. The SMILES string of the molecule is COC(=O)c1cc(-c2cccc(OC(F)(F)F)c2)nc(N2CCC(CNC(=O)OC(C)(C)C)CC2)n1. The highest BCUT2D eigenvalue weighted by Crippen LogP contribution is 2.29. The van der Waals surface area contributed by atoms with E-state index in [9.17, 15) is 22.8 Å². The molecule has 1 aliphatic rings. The van der Waals surface area contributed by atoms with Gasteiger partial charge in [0.05, 0.1) is 12.8 Å². The second-order valence-corrected chi connectivity index (χ2v) is 9.32. The Morgan fingerprint density at radius 3 is 2.42 bits per heavy atom. The summed E-state index contributed by atoms with van der Waals surface area (Å²) in [6.07, 6.45) is -3.85. The zero-order valence-corrected chi connectivity index (χ0v) is 20.5. The number of esters is 1. The molecule has 0 saturated carbocycles. The molecule has 0 aliphatic carbocycles. The van der Waals surface area contributed by atoms with Crippen LogP contribution < -0.4 is 15.0 Å². The van der Waals surface area contributed by atoms with Gasteiger partial charge < -0.3 is 24.4 Å². The number of aromatic nitrogens is 2. The molecule has 36 heavy (non-hydrogen) atoms. The molecule has 0 atom stereocenters. The van der Waals surface area contributed by atoms with E-state index in [0.717, 1.165) is 12.8 Å². The number of hydrogen-bond donors (Lipinski definition) is 1. The van der Waals surface area contributed by atoms with Crippen molar-refractivity contribution in [2.75, 3.05) is 31.6 Å². The third-order valence-corrected chi connectivity index (χ3v) is 5.30. The Labute approximate surface area is 207 Å². The summed E-state index contributed by atoms with van der Waals surface area (Å²) in [5.41, 5.74) is -0.0250. The fourth-order valence-electron chi connectivity index (χ4n) is 3.66. The lowest BCUT2D eigenvalue weighted by atomic mass is 9.97. The lowest BCUT2D eigenvalue weighted by Gasteiger charge is -2.32. The molecule has 1 aromatic heterocycles. The minimum absolute atomic E-state index is 0.0200. The maximum Gasteiger partial charge on any atom is 0.573 e. The average molecular weight is 511 g/mol. The number of carbonyl (C=O) groups excluding carboxylic acids is 2. The maximum atomic E-state index is 12.7. The van der Waals surface area contributed by atoms with Crippen LogP contribution in [0.4, 0.5) is 23.9 Å². The van der Waals surface area contributed by atoms with Crippen molar-refractivity contribution >= 4 is 18.0 Å². The van der Waals surface area contributed by atoms with E-state index >= 15 is 0 Å². The van der Waals surface area contributed by atoms with E-state index in [1.165, 1.54) is 31.4 Å². The van der Waals surface area contributed by atoms with Gasteiger partial charge in [0.1, 0.15) is 11.4 Å². The van der Waals surface area contributed by atoms with Gasteiger partial charge in [-0.2, -0.15) is 0 Å². The van der Waals surface area contributed by atoms with Crippen molar-refractivity contribution in [1.82, 2.24) is 15.3 Å². The first kappa shape index (κ1) is 27.0. The number of benzene rings is 1. The minimum Gasteiger partial charge on any atom is -0.464 e. The highest BCUT2D eigenvalue weighted by atomic mass is 19.4. The number of nitrogens with zero attached hydrogens (tertiary/aromatic N) is 3. The largest absolute Gasteiger partial charge is 0.573 e. The molecule has 0 radical (unpaired) electrons. The molecule has 2 aromatic rings. The molecule has 1 aliphatic heterocycles. The number of methoxy groups -OCH3 is 1. The first-order valence-electron chi connectivity index (χ1n) is 11.4. The monoisotopic (exact) mass is 510 g/mol. The summed E-state index contributed by atoms with van der Waals surface area (Å²) in [5.74, 6) is -0.626. The van der Waals surface area contributed by atoms with E-state index in [-0.39, 0.29) is 23.3 Å². The van der Waals surface area contributed by atoms with Gasteiger partial charge in [0, 0.05) is 25.2 Å². The van der Waals surface area contributed by atoms with Crippen LogP contribution in [0.15, 0.2) is 30.3 Å². The topological polar surface area (TPSA) is 103 Å². The number of carbonyl (C=O) groups is 2. The Kier molecular flexibility index (Phi) is 8.26. The number of piperidine rings is 1. The quantitative estimate of drug-likeness (QED) is 0.564. The average Bonchev–Trinajstić information content (AvgIpc) is 2.80. The van der Waals surface area contributed by atoms with E-state index in [1.54, 1.807) is 26.8 Å². The van der Waals surface area contributed by atoms with Gasteiger partial charge in [0.15, 0.2) is 5.69 Å². The van der Waals surface area contributed by atoms with Crippen LogP contribution in [0.3, 0.4) is 0 Å². The van der Waals surface area contributed by atoms with Crippen molar-refractivity contribution in [3.8, 4) is 17.0 Å². The Balaban J connectivity index is 1.74. The third-order valence-electron chi connectivity index (χ3n) is 5.30. The summed E-state index contributed by atoms with van der Waals surface area (Å²) < 4.78 is 52.0. The van der Waals surface area contributed by atoms with Crippen LogP contribution in [0.5, 0.6) is 5.75 Å². The Morgan fingerprint density at radius 1 is 1.11 bits per heavy atom. The molecule has 0 spiro atoms. The van der Waals surface area contributed by atoms with Crippen molar-refractivity contribution in [1.29, 1.82) is 0 Å². The van der Waals surface area contributed by atoms with Gasteiger partial charge in [-0.1, -0.05) is 12.1 Å². The highest BCUT2D eigenvalue weighted by Gasteiger charge is 2.31. The molecule has 0 bridgehead atoms. The molecular weight excluding hydrogens is 481 g/mol. The van der Waals surface area contributed by atoms with E-state index in [0.29, 0.717) is 25.2 Å². The van der Waals surface area contributed by atoms with Gasteiger partial charge in [-0.15, -0.1) is 13.2 Å². The summed E-state index contributed by atoms with van der Waals surface area (Å²) in [6.45, 7) is 6.96. The van der Waals surface area contributed by atoms with Crippen LogP contribution in [0, 0.1) is 5.92 Å². The van der Waals surface area contributed by atoms with Crippen molar-refractivity contribution in [2.45, 2.75) is 45.6 Å². The summed E-state index contributed by atoms with van der Waals surface area (Å²) in [5, 5.41) is 2.78. The molecule has 1 aromatic carbocycles. The lowest BCUT2D eigenvalue weighted by molar-refractivity contribution is -0.274. The second kappa shape index (κ2) is 11.0. The molecule has 12 heteroatoms. The number of alkyl halides is 3. The van der Waals surface area contributed by atoms with Gasteiger partial charge in [-0.3, -0.25) is 0 Å². The number of ether oxygens (including phenoxy) is 3. The number of hydrogen-bond acceptors (Lipinski definition) is 8. The molecule has 3 rings (SSSR count). The predicted octanol–water partition coefficient (Wildman–Crippen LogP) is 4.57. The molecule has 196 valence electrons. The molecule has 2 heterocycles. The number of halogens is 3. The molecule has 9 nitrogen and oxygen atoms in total. The third kappa shape index (κ3) is 7.99. The number of alkyl carbamates (subject to hydrolysis) is 1. The fraction of sp³-hybridized carbons (Fsp3) is 0.500. The van der Waals surface area contributed by atoms with Gasteiger partial charge in [-0.25, -0.2) is 19.6 Å². The lowest BCUT2D eigenvalue weighted by Crippen LogP contribution is -2.40. The van der Waals surface area contributed by atoms with Crippen LogP contribution >= 0.6 is 0 Å². The molecule has 0 unspecified atom stereocenters.